The first-order chi connectivity index (χ1) is 11.4. The van der Waals surface area contributed by atoms with Crippen molar-refractivity contribution >= 4 is 34.7 Å². The lowest BCUT2D eigenvalue weighted by molar-refractivity contribution is -0.911. The van der Waals surface area contributed by atoms with E-state index < -0.39 is 0 Å². The monoisotopic (exact) mass is 440 g/mol. The highest BCUT2D eigenvalue weighted by molar-refractivity contribution is 7.99. The van der Waals surface area contributed by atoms with Gasteiger partial charge in [-0.2, -0.15) is 0 Å². The predicted molar refractivity (Wildman–Crippen MR) is 106 cm³/mol. The molecule has 0 bridgehead atoms. The molecule has 0 N–H and O–H groups in total. The highest BCUT2D eigenvalue weighted by atomic mass is 79.9. The molecule has 0 aliphatic carbocycles. The van der Waals surface area contributed by atoms with Crippen molar-refractivity contribution in [2.75, 3.05) is 32.1 Å². The standard InChI is InChI=1S/C20H26ClN2S.BrH/c1-15(2)23(3,4)13-7-12-22-17-8-5-6-9-19(17)24-20-11-10-16(21)14-18(20)22;/h5-6,8-11,14-15H,7,12-13H2,1-4H3;1H/q+1;/p-1. The van der Waals surface area contributed by atoms with Crippen molar-refractivity contribution in [1.29, 1.82) is 0 Å². The Bertz CT molecular complexity index is 733. The van der Waals surface area contributed by atoms with E-state index in [1.165, 1.54) is 27.7 Å². The molecule has 25 heavy (non-hydrogen) atoms. The number of nitrogens with zero attached hydrogens (tertiary/aromatic N) is 2. The van der Waals surface area contributed by atoms with Crippen LogP contribution in [0.25, 0.3) is 0 Å². The zero-order chi connectivity index (χ0) is 17.3. The molecule has 0 fully saturated rings. The van der Waals surface area contributed by atoms with Gasteiger partial charge in [-0.25, -0.2) is 0 Å². The van der Waals surface area contributed by atoms with E-state index >= 15 is 0 Å². The smallest absolute Gasteiger partial charge is 0.0829 e. The first kappa shape index (κ1) is 20.6. The van der Waals surface area contributed by atoms with Crippen LogP contribution in [0.1, 0.15) is 20.3 Å². The Balaban J connectivity index is 0.00000225. The van der Waals surface area contributed by atoms with Gasteiger partial charge in [-0.05, 0) is 44.2 Å². The van der Waals surface area contributed by atoms with E-state index in [1.807, 2.05) is 17.8 Å². The molecule has 0 saturated carbocycles. The number of fused-ring (bicyclic) bond motifs is 2. The van der Waals surface area contributed by atoms with Gasteiger partial charge in [-0.15, -0.1) is 0 Å². The van der Waals surface area contributed by atoms with Crippen LogP contribution in [0.5, 0.6) is 0 Å². The average molecular weight is 442 g/mol. The molecule has 0 radical (unpaired) electrons. The van der Waals surface area contributed by atoms with Gasteiger partial charge in [-0.1, -0.05) is 35.5 Å². The van der Waals surface area contributed by atoms with Gasteiger partial charge in [0.25, 0.3) is 0 Å². The Morgan fingerprint density at radius 1 is 1.04 bits per heavy atom. The number of para-hydroxylation sites is 1. The molecule has 1 heterocycles. The summed E-state index contributed by atoms with van der Waals surface area (Å²) < 4.78 is 1.05. The molecule has 5 heteroatoms. The maximum absolute atomic E-state index is 6.28. The number of hydrogen-bond acceptors (Lipinski definition) is 2. The molecule has 2 nitrogen and oxygen atoms in total. The fourth-order valence-corrected chi connectivity index (χ4v) is 4.18. The van der Waals surface area contributed by atoms with Crippen molar-refractivity contribution in [3.63, 3.8) is 0 Å². The fourth-order valence-electron chi connectivity index (χ4n) is 2.94. The predicted octanol–water partition coefficient (Wildman–Crippen LogP) is 2.82. The molecular weight excluding hydrogens is 416 g/mol. The second-order valence-corrected chi connectivity index (χ2v) is 8.80. The van der Waals surface area contributed by atoms with Crippen LogP contribution >= 0.6 is 23.4 Å². The lowest BCUT2D eigenvalue weighted by Gasteiger charge is -2.36. The van der Waals surface area contributed by atoms with Gasteiger partial charge in [-0.3, -0.25) is 0 Å². The third-order valence-electron chi connectivity index (χ3n) is 5.10. The van der Waals surface area contributed by atoms with Crippen LogP contribution in [-0.4, -0.2) is 37.7 Å². The van der Waals surface area contributed by atoms with Gasteiger partial charge in [0.05, 0.1) is 38.1 Å². The van der Waals surface area contributed by atoms with E-state index in [-0.39, 0.29) is 17.0 Å². The lowest BCUT2D eigenvalue weighted by Crippen LogP contribution is -3.00. The van der Waals surface area contributed by atoms with Crippen LogP contribution < -0.4 is 21.9 Å². The molecular formula is C20H26BrClN2S. The molecule has 2 aromatic carbocycles. The summed E-state index contributed by atoms with van der Waals surface area (Å²) in [7, 11) is 4.63. The van der Waals surface area contributed by atoms with Crippen LogP contribution in [0, 0.1) is 0 Å². The second kappa shape index (κ2) is 8.34. The SMILES string of the molecule is CC(C)[N+](C)(C)CCCN1c2ccccc2Sc2ccc(Cl)cc21.[Br-]. The molecule has 2 aromatic rings. The number of hydrogen-bond donors (Lipinski definition) is 0. The molecule has 1 aliphatic rings. The van der Waals surface area contributed by atoms with Crippen LogP contribution in [0.2, 0.25) is 5.02 Å². The normalized spacial score (nSPS) is 13.3. The van der Waals surface area contributed by atoms with Gasteiger partial charge in [0.2, 0.25) is 0 Å². The van der Waals surface area contributed by atoms with Crippen LogP contribution in [0.4, 0.5) is 11.4 Å². The average Bonchev–Trinajstić information content (AvgIpc) is 2.54. The van der Waals surface area contributed by atoms with E-state index in [4.69, 9.17) is 11.6 Å². The molecule has 136 valence electrons. The lowest BCUT2D eigenvalue weighted by atomic mass is 10.2. The number of rotatable bonds is 5. The van der Waals surface area contributed by atoms with Crippen molar-refractivity contribution in [2.24, 2.45) is 0 Å². The van der Waals surface area contributed by atoms with E-state index in [0.29, 0.717) is 6.04 Å². The van der Waals surface area contributed by atoms with Gasteiger partial charge < -0.3 is 26.4 Å². The van der Waals surface area contributed by atoms with Gasteiger partial charge in [0.1, 0.15) is 0 Å². The Hall–Kier alpha value is -0.680. The summed E-state index contributed by atoms with van der Waals surface area (Å²) in [5, 5.41) is 0.803. The Morgan fingerprint density at radius 3 is 2.44 bits per heavy atom. The summed E-state index contributed by atoms with van der Waals surface area (Å²) in [5.41, 5.74) is 2.54. The van der Waals surface area contributed by atoms with E-state index in [0.717, 1.165) is 22.5 Å². The Kier molecular flexibility index (Phi) is 6.88. The molecule has 1 aliphatic heterocycles. The zero-order valence-corrected chi connectivity index (χ0v) is 18.5. The molecule has 0 amide bonds. The van der Waals surface area contributed by atoms with Crippen LogP contribution in [0.3, 0.4) is 0 Å². The summed E-state index contributed by atoms with van der Waals surface area (Å²) in [4.78, 5) is 5.05. The summed E-state index contributed by atoms with van der Waals surface area (Å²) in [6, 6.07) is 15.5. The topological polar surface area (TPSA) is 3.24 Å². The Labute approximate surface area is 171 Å². The van der Waals surface area contributed by atoms with E-state index in [9.17, 15) is 0 Å². The minimum absolute atomic E-state index is 0. The molecule has 0 aromatic heterocycles. The van der Waals surface area contributed by atoms with Crippen molar-refractivity contribution in [3.05, 3.63) is 47.5 Å². The molecule has 0 spiro atoms. The third-order valence-corrected chi connectivity index (χ3v) is 6.47. The maximum Gasteiger partial charge on any atom is 0.0829 e. The quantitative estimate of drug-likeness (QED) is 0.657. The number of benzene rings is 2. The Morgan fingerprint density at radius 2 is 1.72 bits per heavy atom. The summed E-state index contributed by atoms with van der Waals surface area (Å²) in [5.74, 6) is 0. The minimum Gasteiger partial charge on any atom is -1.00 e. The number of halogens is 2. The first-order valence-corrected chi connectivity index (χ1v) is 9.74. The van der Waals surface area contributed by atoms with Gasteiger partial charge in [0, 0.05) is 27.8 Å². The van der Waals surface area contributed by atoms with Crippen LogP contribution in [-0.2, 0) is 0 Å². The summed E-state index contributed by atoms with van der Waals surface area (Å²) in [6.45, 7) is 6.77. The highest BCUT2D eigenvalue weighted by Crippen LogP contribution is 2.48. The zero-order valence-electron chi connectivity index (χ0n) is 15.3. The molecule has 0 unspecified atom stereocenters. The largest absolute Gasteiger partial charge is 1.00 e. The second-order valence-electron chi connectivity index (χ2n) is 7.28. The summed E-state index contributed by atoms with van der Waals surface area (Å²) in [6.07, 6.45) is 1.15. The van der Waals surface area contributed by atoms with Crippen molar-refractivity contribution < 1.29 is 21.5 Å². The minimum atomic E-state index is 0. The van der Waals surface area contributed by atoms with E-state index in [1.54, 1.807) is 0 Å². The highest BCUT2D eigenvalue weighted by Gasteiger charge is 2.25. The summed E-state index contributed by atoms with van der Waals surface area (Å²) >= 11 is 8.11. The molecule has 3 rings (SSSR count). The van der Waals surface area contributed by atoms with Crippen LogP contribution in [0.15, 0.2) is 52.3 Å². The van der Waals surface area contributed by atoms with Crippen molar-refractivity contribution in [1.82, 2.24) is 0 Å². The van der Waals surface area contributed by atoms with Gasteiger partial charge in [0.15, 0.2) is 0 Å². The fraction of sp³-hybridized carbons (Fsp3) is 0.400. The van der Waals surface area contributed by atoms with E-state index in [2.05, 4.69) is 69.2 Å². The third kappa shape index (κ3) is 4.54. The number of anilines is 2. The van der Waals surface area contributed by atoms with Crippen molar-refractivity contribution in [3.8, 4) is 0 Å². The van der Waals surface area contributed by atoms with Crippen molar-refractivity contribution in [2.45, 2.75) is 36.1 Å². The molecule has 0 saturated heterocycles. The molecule has 0 atom stereocenters. The number of quaternary nitrogens is 1. The maximum atomic E-state index is 6.28. The first-order valence-electron chi connectivity index (χ1n) is 8.55. The van der Waals surface area contributed by atoms with Gasteiger partial charge >= 0.3 is 0 Å².